The van der Waals surface area contributed by atoms with Gasteiger partial charge in [0, 0.05) is 23.0 Å². The van der Waals surface area contributed by atoms with Crippen molar-refractivity contribution in [1.29, 1.82) is 0 Å². The molecule has 1 aliphatic carbocycles. The maximum Gasteiger partial charge on any atom is 0.0793 e. The molecule has 0 N–H and O–H groups in total. The van der Waals surface area contributed by atoms with Crippen LogP contribution in [-0.2, 0) is 9.63 Å². The summed E-state index contributed by atoms with van der Waals surface area (Å²) < 4.78 is 0. The molecule has 0 radical (unpaired) electrons. The Bertz CT molecular complexity index is 341. The summed E-state index contributed by atoms with van der Waals surface area (Å²) in [6.45, 7) is 8.30. The molecule has 20 heavy (non-hydrogen) atoms. The lowest BCUT2D eigenvalue weighted by Crippen LogP contribution is -2.63. The normalized spacial score (nSPS) is 28.4. The summed E-state index contributed by atoms with van der Waals surface area (Å²) in [5.74, 6) is -1.31. The molecule has 1 saturated carbocycles. The highest BCUT2D eigenvalue weighted by molar-refractivity contribution is 5.68. The van der Waals surface area contributed by atoms with Crippen molar-refractivity contribution >= 4 is 5.97 Å². The van der Waals surface area contributed by atoms with Gasteiger partial charge in [-0.2, -0.15) is 5.06 Å². The second kappa shape index (κ2) is 5.64. The minimum absolute atomic E-state index is 0.274. The first-order chi connectivity index (χ1) is 9.22. The first-order valence-corrected chi connectivity index (χ1v) is 7.90. The van der Waals surface area contributed by atoms with Gasteiger partial charge in [-0.05, 0) is 53.4 Å². The summed E-state index contributed by atoms with van der Waals surface area (Å²) in [4.78, 5) is 17.6. The van der Waals surface area contributed by atoms with Crippen LogP contribution in [0.3, 0.4) is 0 Å². The second-order valence-electron chi connectivity index (χ2n) is 7.71. The van der Waals surface area contributed by atoms with E-state index in [0.29, 0.717) is 18.9 Å². The third-order valence-electron chi connectivity index (χ3n) is 4.73. The highest BCUT2D eigenvalue weighted by Crippen LogP contribution is 2.42. The average molecular weight is 282 g/mol. The Balaban J connectivity index is 2.11. The predicted molar refractivity (Wildman–Crippen MR) is 75.7 cm³/mol. The van der Waals surface area contributed by atoms with E-state index in [4.69, 9.17) is 4.84 Å². The van der Waals surface area contributed by atoms with Crippen LogP contribution in [0.5, 0.6) is 0 Å². The van der Waals surface area contributed by atoms with E-state index in [-0.39, 0.29) is 17.0 Å². The van der Waals surface area contributed by atoms with E-state index in [0.717, 1.165) is 12.8 Å². The molecule has 1 heterocycles. The SMILES string of the molecule is CC1(C)CC(C(=O)[O-])CC(C)(C)N1OC1CCCCC1. The van der Waals surface area contributed by atoms with E-state index in [1.54, 1.807) is 0 Å². The Labute approximate surface area is 122 Å². The molecule has 0 amide bonds. The molecule has 0 unspecified atom stereocenters. The number of carboxylic acids is 1. The quantitative estimate of drug-likeness (QED) is 0.797. The van der Waals surface area contributed by atoms with Crippen LogP contribution in [0, 0.1) is 5.92 Å². The molecule has 0 spiro atoms. The average Bonchev–Trinajstić information content (AvgIpc) is 2.34. The predicted octanol–water partition coefficient (Wildman–Crippen LogP) is 2.27. The summed E-state index contributed by atoms with van der Waals surface area (Å²) in [5.41, 5.74) is -0.548. The molecule has 116 valence electrons. The number of hydrogen-bond acceptors (Lipinski definition) is 4. The van der Waals surface area contributed by atoms with Crippen LogP contribution < -0.4 is 5.11 Å². The molecule has 0 atom stereocenters. The van der Waals surface area contributed by atoms with Crippen LogP contribution >= 0.6 is 0 Å². The van der Waals surface area contributed by atoms with Gasteiger partial charge in [0.05, 0.1) is 6.10 Å². The molecule has 0 bridgehead atoms. The third kappa shape index (κ3) is 3.34. The number of carbonyl (C=O) groups is 1. The summed E-state index contributed by atoms with van der Waals surface area (Å²) >= 11 is 0. The van der Waals surface area contributed by atoms with Crippen molar-refractivity contribution in [2.45, 2.75) is 89.8 Å². The van der Waals surface area contributed by atoms with Gasteiger partial charge in [-0.25, -0.2) is 0 Å². The van der Waals surface area contributed by atoms with Gasteiger partial charge < -0.3 is 9.90 Å². The van der Waals surface area contributed by atoms with Crippen molar-refractivity contribution in [3.63, 3.8) is 0 Å². The summed E-state index contributed by atoms with van der Waals surface area (Å²) in [6, 6.07) is 0. The number of rotatable bonds is 3. The third-order valence-corrected chi connectivity index (χ3v) is 4.73. The zero-order valence-corrected chi connectivity index (χ0v) is 13.3. The molecule has 2 rings (SSSR count). The molecular weight excluding hydrogens is 254 g/mol. The molecule has 2 aliphatic rings. The van der Waals surface area contributed by atoms with E-state index >= 15 is 0 Å². The first kappa shape index (κ1) is 15.8. The first-order valence-electron chi connectivity index (χ1n) is 7.90. The van der Waals surface area contributed by atoms with E-state index < -0.39 is 5.97 Å². The molecule has 0 aromatic heterocycles. The summed E-state index contributed by atoms with van der Waals surface area (Å²) in [5, 5.41) is 13.3. The van der Waals surface area contributed by atoms with Crippen LogP contribution in [0.15, 0.2) is 0 Å². The molecule has 0 aromatic carbocycles. The lowest BCUT2D eigenvalue weighted by Gasteiger charge is -2.55. The molecule has 4 nitrogen and oxygen atoms in total. The fourth-order valence-corrected chi connectivity index (χ4v) is 4.03. The number of aliphatic carboxylic acids is 1. The smallest absolute Gasteiger partial charge is 0.0793 e. The molecule has 2 fully saturated rings. The monoisotopic (exact) mass is 282 g/mol. The van der Waals surface area contributed by atoms with E-state index in [1.807, 2.05) is 0 Å². The Kier molecular flexibility index (Phi) is 4.45. The Hall–Kier alpha value is -0.610. The molecule has 1 aliphatic heterocycles. The van der Waals surface area contributed by atoms with Crippen LogP contribution in [0.2, 0.25) is 0 Å². The zero-order valence-electron chi connectivity index (χ0n) is 13.3. The number of nitrogens with zero attached hydrogens (tertiary/aromatic N) is 1. The molecular formula is C16H28NO3-. The van der Waals surface area contributed by atoms with Gasteiger partial charge in [-0.15, -0.1) is 0 Å². The van der Waals surface area contributed by atoms with Gasteiger partial charge in [0.1, 0.15) is 0 Å². The lowest BCUT2D eigenvalue weighted by atomic mass is 9.75. The maximum absolute atomic E-state index is 11.3. The fourth-order valence-electron chi connectivity index (χ4n) is 4.03. The van der Waals surface area contributed by atoms with Crippen LogP contribution in [0.25, 0.3) is 0 Å². The number of piperidine rings is 1. The molecule has 0 aromatic rings. The minimum atomic E-state index is -0.927. The van der Waals surface area contributed by atoms with Crippen LogP contribution in [0.1, 0.15) is 72.6 Å². The highest BCUT2D eigenvalue weighted by Gasteiger charge is 2.47. The van der Waals surface area contributed by atoms with Crippen molar-refractivity contribution in [2.24, 2.45) is 5.92 Å². The van der Waals surface area contributed by atoms with Crippen LogP contribution in [0.4, 0.5) is 0 Å². The molecule has 1 saturated heterocycles. The number of carbonyl (C=O) groups excluding carboxylic acids is 1. The number of carboxylic acid groups (broad SMARTS) is 1. The second-order valence-corrected chi connectivity index (χ2v) is 7.71. The van der Waals surface area contributed by atoms with Crippen molar-refractivity contribution in [3.8, 4) is 0 Å². The topological polar surface area (TPSA) is 52.6 Å². The fraction of sp³-hybridized carbons (Fsp3) is 0.938. The van der Waals surface area contributed by atoms with Crippen molar-refractivity contribution in [3.05, 3.63) is 0 Å². The Morgan fingerprint density at radius 3 is 2.00 bits per heavy atom. The van der Waals surface area contributed by atoms with E-state index in [1.165, 1.54) is 19.3 Å². The van der Waals surface area contributed by atoms with Gasteiger partial charge in [0.25, 0.3) is 0 Å². The van der Waals surface area contributed by atoms with E-state index in [2.05, 4.69) is 32.8 Å². The minimum Gasteiger partial charge on any atom is -0.550 e. The number of hydroxylamine groups is 2. The molecule has 4 heteroatoms. The van der Waals surface area contributed by atoms with Gasteiger partial charge in [-0.1, -0.05) is 19.3 Å². The van der Waals surface area contributed by atoms with Crippen molar-refractivity contribution in [1.82, 2.24) is 5.06 Å². The van der Waals surface area contributed by atoms with Gasteiger partial charge >= 0.3 is 0 Å². The Morgan fingerprint density at radius 2 is 1.55 bits per heavy atom. The van der Waals surface area contributed by atoms with Gasteiger partial charge in [-0.3, -0.25) is 4.84 Å². The largest absolute Gasteiger partial charge is 0.550 e. The van der Waals surface area contributed by atoms with Crippen LogP contribution in [-0.4, -0.2) is 28.2 Å². The lowest BCUT2D eigenvalue weighted by molar-refractivity contribution is -0.335. The number of hydrogen-bond donors (Lipinski definition) is 0. The standard InChI is InChI=1S/C16H29NO3/c1-15(2)10-12(14(18)19)11-16(3,4)17(15)20-13-8-6-5-7-9-13/h12-13H,5-11H2,1-4H3,(H,18,19)/p-1. The van der Waals surface area contributed by atoms with Crippen molar-refractivity contribution < 1.29 is 14.7 Å². The zero-order chi connectivity index (χ0) is 15.0. The van der Waals surface area contributed by atoms with Gasteiger partial charge in [0.2, 0.25) is 0 Å². The maximum atomic E-state index is 11.3. The van der Waals surface area contributed by atoms with Crippen molar-refractivity contribution in [2.75, 3.05) is 0 Å². The summed E-state index contributed by atoms with van der Waals surface area (Å²) in [6.07, 6.45) is 7.49. The summed E-state index contributed by atoms with van der Waals surface area (Å²) in [7, 11) is 0. The van der Waals surface area contributed by atoms with Gasteiger partial charge in [0.15, 0.2) is 0 Å². The highest BCUT2D eigenvalue weighted by atomic mass is 16.7. The Morgan fingerprint density at radius 1 is 1.05 bits per heavy atom. The van der Waals surface area contributed by atoms with E-state index in [9.17, 15) is 9.90 Å².